The summed E-state index contributed by atoms with van der Waals surface area (Å²) in [7, 11) is 1.62. The Hall–Kier alpha value is -1.96. The number of benzene rings is 1. The van der Waals surface area contributed by atoms with Crippen LogP contribution in [0, 0.1) is 5.92 Å². The van der Waals surface area contributed by atoms with Crippen LogP contribution in [-0.4, -0.2) is 81.1 Å². The molecule has 1 fully saturated rings. The Labute approximate surface area is 168 Å². The third-order valence-electron chi connectivity index (χ3n) is 4.97. The van der Waals surface area contributed by atoms with Gasteiger partial charge in [-0.1, -0.05) is 44.2 Å². The number of nitrogens with zero attached hydrogens (tertiary/aromatic N) is 2. The quantitative estimate of drug-likeness (QED) is 0.580. The van der Waals surface area contributed by atoms with E-state index in [1.54, 1.807) is 7.11 Å². The number of carbonyl (C=O) groups excluding carboxylic acids is 2. The number of rotatable bonds is 10. The van der Waals surface area contributed by atoms with Gasteiger partial charge in [0.25, 0.3) is 0 Å². The standard InChI is InChI=1S/C21H34N4O3/c1-17(2)21(18-7-5-4-6-8-18)23-20(27)16-25-12-10-24(11-13-25)15-19(26)22-9-14-28-3/h4-8,17,21H,9-16H2,1-3H3,(H,22,26)(H,23,27). The zero-order valence-electron chi connectivity index (χ0n) is 17.3. The molecule has 1 unspecified atom stereocenters. The molecular weight excluding hydrogens is 356 g/mol. The minimum Gasteiger partial charge on any atom is -0.383 e. The predicted molar refractivity (Wildman–Crippen MR) is 110 cm³/mol. The van der Waals surface area contributed by atoms with Crippen LogP contribution in [0.25, 0.3) is 0 Å². The van der Waals surface area contributed by atoms with Gasteiger partial charge in [0.05, 0.1) is 25.7 Å². The van der Waals surface area contributed by atoms with E-state index in [0.29, 0.717) is 32.2 Å². The molecule has 28 heavy (non-hydrogen) atoms. The lowest BCUT2D eigenvalue weighted by Gasteiger charge is -2.34. The van der Waals surface area contributed by atoms with Crippen LogP contribution in [0.3, 0.4) is 0 Å². The van der Waals surface area contributed by atoms with E-state index in [9.17, 15) is 9.59 Å². The van der Waals surface area contributed by atoms with Crippen LogP contribution in [-0.2, 0) is 14.3 Å². The number of amides is 2. The van der Waals surface area contributed by atoms with Gasteiger partial charge in [0, 0.05) is 39.8 Å². The van der Waals surface area contributed by atoms with Crippen molar-refractivity contribution in [3.05, 3.63) is 35.9 Å². The van der Waals surface area contributed by atoms with Crippen molar-refractivity contribution in [1.82, 2.24) is 20.4 Å². The third-order valence-corrected chi connectivity index (χ3v) is 4.97. The fourth-order valence-corrected chi connectivity index (χ4v) is 3.37. The van der Waals surface area contributed by atoms with Gasteiger partial charge >= 0.3 is 0 Å². The number of hydrogen-bond acceptors (Lipinski definition) is 5. The first kappa shape index (κ1) is 22.3. The van der Waals surface area contributed by atoms with Gasteiger partial charge in [0.15, 0.2) is 0 Å². The normalized spacial score (nSPS) is 16.7. The Morgan fingerprint density at radius 1 is 1.00 bits per heavy atom. The fraction of sp³-hybridized carbons (Fsp3) is 0.619. The van der Waals surface area contributed by atoms with E-state index in [1.807, 2.05) is 18.2 Å². The van der Waals surface area contributed by atoms with Gasteiger partial charge in [-0.3, -0.25) is 19.4 Å². The molecule has 1 aromatic carbocycles. The number of nitrogens with one attached hydrogen (secondary N) is 2. The molecule has 1 atom stereocenters. The molecule has 2 rings (SSSR count). The molecule has 1 saturated heterocycles. The van der Waals surface area contributed by atoms with Gasteiger partial charge < -0.3 is 15.4 Å². The van der Waals surface area contributed by atoms with Crippen molar-refractivity contribution in [2.24, 2.45) is 5.92 Å². The van der Waals surface area contributed by atoms with Crippen molar-refractivity contribution < 1.29 is 14.3 Å². The summed E-state index contributed by atoms with van der Waals surface area (Å²) < 4.78 is 4.93. The van der Waals surface area contributed by atoms with E-state index in [4.69, 9.17) is 4.74 Å². The lowest BCUT2D eigenvalue weighted by Crippen LogP contribution is -2.52. The lowest BCUT2D eigenvalue weighted by molar-refractivity contribution is -0.125. The lowest BCUT2D eigenvalue weighted by atomic mass is 9.96. The highest BCUT2D eigenvalue weighted by atomic mass is 16.5. The molecule has 2 amide bonds. The van der Waals surface area contributed by atoms with E-state index >= 15 is 0 Å². The summed E-state index contributed by atoms with van der Waals surface area (Å²) in [6.45, 7) is 9.24. The second kappa shape index (κ2) is 11.8. The van der Waals surface area contributed by atoms with Crippen LogP contribution in [0.2, 0.25) is 0 Å². The van der Waals surface area contributed by atoms with E-state index in [-0.39, 0.29) is 17.9 Å². The molecular formula is C21H34N4O3. The highest BCUT2D eigenvalue weighted by Gasteiger charge is 2.23. The molecule has 1 aliphatic rings. The topological polar surface area (TPSA) is 73.9 Å². The Kier molecular flexibility index (Phi) is 9.40. The molecule has 0 aliphatic carbocycles. The van der Waals surface area contributed by atoms with E-state index in [2.05, 4.69) is 46.4 Å². The van der Waals surface area contributed by atoms with E-state index in [0.717, 1.165) is 31.7 Å². The molecule has 156 valence electrons. The molecule has 0 saturated carbocycles. The average Bonchev–Trinajstić information content (AvgIpc) is 2.68. The van der Waals surface area contributed by atoms with Crippen LogP contribution < -0.4 is 10.6 Å². The van der Waals surface area contributed by atoms with Gasteiger partial charge in [-0.25, -0.2) is 0 Å². The zero-order chi connectivity index (χ0) is 20.4. The van der Waals surface area contributed by atoms with Gasteiger partial charge in [-0.05, 0) is 11.5 Å². The second-order valence-corrected chi connectivity index (χ2v) is 7.59. The molecule has 7 nitrogen and oxygen atoms in total. The minimum atomic E-state index is 0.0192. The first-order valence-corrected chi connectivity index (χ1v) is 10.0. The Bertz CT molecular complexity index is 601. The summed E-state index contributed by atoms with van der Waals surface area (Å²) in [5, 5.41) is 6.02. The van der Waals surface area contributed by atoms with Crippen LogP contribution in [0.5, 0.6) is 0 Å². The van der Waals surface area contributed by atoms with Crippen LogP contribution in [0.15, 0.2) is 30.3 Å². The first-order chi connectivity index (χ1) is 13.5. The third kappa shape index (κ3) is 7.58. The SMILES string of the molecule is COCCNC(=O)CN1CCN(CC(=O)NC(c2ccccc2)C(C)C)CC1. The predicted octanol–water partition coefficient (Wildman–Crippen LogP) is 0.880. The van der Waals surface area contributed by atoms with Crippen molar-refractivity contribution >= 4 is 11.8 Å². The van der Waals surface area contributed by atoms with Crippen molar-refractivity contribution in [1.29, 1.82) is 0 Å². The first-order valence-electron chi connectivity index (χ1n) is 10.0. The minimum absolute atomic E-state index is 0.0192. The maximum absolute atomic E-state index is 12.6. The monoisotopic (exact) mass is 390 g/mol. The zero-order valence-corrected chi connectivity index (χ0v) is 17.3. The summed E-state index contributed by atoms with van der Waals surface area (Å²) in [5.74, 6) is 0.388. The number of hydrogen-bond donors (Lipinski definition) is 2. The summed E-state index contributed by atoms with van der Waals surface area (Å²) in [5.41, 5.74) is 1.13. The maximum atomic E-state index is 12.6. The van der Waals surface area contributed by atoms with Gasteiger partial charge in [0.2, 0.25) is 11.8 Å². The van der Waals surface area contributed by atoms with Crippen molar-refractivity contribution in [2.75, 3.05) is 59.5 Å². The molecule has 7 heteroatoms. The highest BCUT2D eigenvalue weighted by Crippen LogP contribution is 2.21. The molecule has 1 heterocycles. The van der Waals surface area contributed by atoms with Crippen LogP contribution >= 0.6 is 0 Å². The molecule has 0 aromatic heterocycles. The number of methoxy groups -OCH3 is 1. The van der Waals surface area contributed by atoms with Crippen molar-refractivity contribution in [3.8, 4) is 0 Å². The van der Waals surface area contributed by atoms with Crippen molar-refractivity contribution in [3.63, 3.8) is 0 Å². The number of ether oxygens (including phenoxy) is 1. The smallest absolute Gasteiger partial charge is 0.234 e. The Morgan fingerprint density at radius 3 is 2.11 bits per heavy atom. The van der Waals surface area contributed by atoms with Gasteiger partial charge in [0.1, 0.15) is 0 Å². The summed E-state index contributed by atoms with van der Waals surface area (Å²) >= 11 is 0. The van der Waals surface area contributed by atoms with Crippen LogP contribution in [0.4, 0.5) is 0 Å². The molecule has 2 N–H and O–H groups in total. The van der Waals surface area contributed by atoms with Crippen molar-refractivity contribution in [2.45, 2.75) is 19.9 Å². The molecule has 0 bridgehead atoms. The van der Waals surface area contributed by atoms with E-state index in [1.165, 1.54) is 0 Å². The fourth-order valence-electron chi connectivity index (χ4n) is 3.37. The van der Waals surface area contributed by atoms with Gasteiger partial charge in [-0.15, -0.1) is 0 Å². The largest absolute Gasteiger partial charge is 0.383 e. The molecule has 1 aromatic rings. The molecule has 0 radical (unpaired) electrons. The summed E-state index contributed by atoms with van der Waals surface area (Å²) in [6, 6.07) is 10.1. The Balaban J connectivity index is 1.73. The summed E-state index contributed by atoms with van der Waals surface area (Å²) in [4.78, 5) is 28.7. The second-order valence-electron chi connectivity index (χ2n) is 7.59. The Morgan fingerprint density at radius 2 is 1.57 bits per heavy atom. The number of piperazine rings is 1. The number of carbonyl (C=O) groups is 2. The van der Waals surface area contributed by atoms with Crippen LogP contribution in [0.1, 0.15) is 25.5 Å². The molecule has 1 aliphatic heterocycles. The highest BCUT2D eigenvalue weighted by molar-refractivity contribution is 5.79. The average molecular weight is 391 g/mol. The maximum Gasteiger partial charge on any atom is 0.234 e. The van der Waals surface area contributed by atoms with E-state index < -0.39 is 0 Å². The van der Waals surface area contributed by atoms with Gasteiger partial charge in [-0.2, -0.15) is 0 Å². The summed E-state index contributed by atoms with van der Waals surface area (Å²) in [6.07, 6.45) is 0. The molecule has 0 spiro atoms.